The lowest BCUT2D eigenvalue weighted by Crippen LogP contribution is -2.31. The molecule has 0 spiro atoms. The van der Waals surface area contributed by atoms with E-state index in [1.165, 1.54) is 45.2 Å². The number of ether oxygens (including phenoxy) is 1. The van der Waals surface area contributed by atoms with Crippen LogP contribution in [0.2, 0.25) is 0 Å². The van der Waals surface area contributed by atoms with Gasteiger partial charge in [-0.1, -0.05) is 13.8 Å². The Balaban J connectivity index is 1.74. The number of carbonyl (C=O) groups excluding carboxylic acids is 1. The lowest BCUT2D eigenvalue weighted by atomic mass is 9.88. The molecule has 2 unspecified atom stereocenters. The van der Waals surface area contributed by atoms with Crippen LogP contribution in [-0.4, -0.2) is 29.7 Å². The number of nitrogens with zero attached hydrogens (tertiary/aromatic N) is 1. The van der Waals surface area contributed by atoms with Crippen LogP contribution in [0.4, 0.5) is 14.5 Å². The van der Waals surface area contributed by atoms with Gasteiger partial charge in [0.2, 0.25) is 0 Å². The number of aromatic nitrogens is 1. The van der Waals surface area contributed by atoms with Crippen molar-refractivity contribution in [3.05, 3.63) is 82.2 Å². The minimum atomic E-state index is -1.50. The van der Waals surface area contributed by atoms with Gasteiger partial charge in [-0.05, 0) is 87.1 Å². The lowest BCUT2D eigenvalue weighted by Gasteiger charge is -2.25. The number of allylic oxidation sites excluding steroid dienone is 1. The highest BCUT2D eigenvalue weighted by atomic mass is 19.1. The fraction of sp³-hybridized carbons (Fsp3) is 0.375. The van der Waals surface area contributed by atoms with Crippen LogP contribution in [0.5, 0.6) is 5.75 Å². The standard InChI is InChI=1S/C32H38F2N4O3/c1-17(35)11-19-12-20(13-26(41-6)28(19)36)30(39)37-16-22(24-15-31(24,2)3)25-14-23(32(4,5)40)27(34)29(38-25)18-7-9-21(33)10-8-18/h7-14,22,24,40H,15-16,35-36H2,1-6H3,(H,37,39)/b17-11-. The van der Waals surface area contributed by atoms with Crippen molar-refractivity contribution in [1.82, 2.24) is 10.3 Å². The summed E-state index contributed by atoms with van der Waals surface area (Å²) in [6.07, 6.45) is 2.55. The normalized spacial score (nSPS) is 17.2. The second-order valence-corrected chi connectivity index (χ2v) is 12.0. The zero-order valence-electron chi connectivity index (χ0n) is 24.3. The van der Waals surface area contributed by atoms with Crippen LogP contribution in [0.25, 0.3) is 17.3 Å². The maximum absolute atomic E-state index is 15.7. The first kappa shape index (κ1) is 30.0. The number of nitrogens with two attached hydrogens (primary N) is 2. The predicted octanol–water partition coefficient (Wildman–Crippen LogP) is 5.72. The fourth-order valence-corrected chi connectivity index (χ4v) is 5.25. The van der Waals surface area contributed by atoms with Crippen LogP contribution in [-0.2, 0) is 5.60 Å². The van der Waals surface area contributed by atoms with Gasteiger partial charge in [0, 0.05) is 46.1 Å². The van der Waals surface area contributed by atoms with Crippen LogP contribution in [0, 0.1) is 23.0 Å². The molecular weight excluding hydrogens is 526 g/mol. The number of halogens is 2. The molecule has 1 aliphatic rings. The third-order valence-electron chi connectivity index (χ3n) is 7.73. The van der Waals surface area contributed by atoms with Gasteiger partial charge in [-0.3, -0.25) is 4.79 Å². The van der Waals surface area contributed by atoms with Crippen molar-refractivity contribution in [2.24, 2.45) is 17.1 Å². The number of pyridine rings is 1. The summed E-state index contributed by atoms with van der Waals surface area (Å²) in [4.78, 5) is 18.1. The topological polar surface area (TPSA) is 123 Å². The molecule has 2 atom stereocenters. The van der Waals surface area contributed by atoms with Crippen molar-refractivity contribution in [1.29, 1.82) is 0 Å². The molecule has 0 radical (unpaired) electrons. The summed E-state index contributed by atoms with van der Waals surface area (Å²) in [6.45, 7) is 9.21. The summed E-state index contributed by atoms with van der Waals surface area (Å²) in [5.74, 6) is -1.25. The SMILES string of the molecule is COc1cc(C(=O)NCC(c2cc(C(C)(C)O)c(F)c(-c3ccc(F)cc3)n2)C2CC2(C)C)cc(/C=C(/C)N)c1N. The van der Waals surface area contributed by atoms with Gasteiger partial charge in [0.05, 0.1) is 18.4 Å². The molecular formula is C32H38F2N4O3. The van der Waals surface area contributed by atoms with E-state index in [4.69, 9.17) is 21.2 Å². The third kappa shape index (κ3) is 6.51. The summed E-state index contributed by atoms with van der Waals surface area (Å²) in [5.41, 5.74) is 13.3. The van der Waals surface area contributed by atoms with E-state index in [-0.39, 0.29) is 41.0 Å². The molecule has 218 valence electrons. The predicted molar refractivity (Wildman–Crippen MR) is 157 cm³/mol. The minimum absolute atomic E-state index is 0.0164. The average molecular weight is 565 g/mol. The van der Waals surface area contributed by atoms with E-state index in [1.807, 2.05) is 0 Å². The molecule has 7 nitrogen and oxygen atoms in total. The van der Waals surface area contributed by atoms with Crippen molar-refractivity contribution in [3.8, 4) is 17.0 Å². The largest absolute Gasteiger partial charge is 0.495 e. The highest BCUT2D eigenvalue weighted by molar-refractivity contribution is 5.96. The zero-order valence-corrected chi connectivity index (χ0v) is 24.3. The first-order valence-corrected chi connectivity index (χ1v) is 13.5. The molecule has 1 aromatic heterocycles. The molecule has 0 saturated heterocycles. The first-order valence-electron chi connectivity index (χ1n) is 13.5. The molecule has 6 N–H and O–H groups in total. The number of carbonyl (C=O) groups is 1. The Bertz CT molecular complexity index is 1490. The van der Waals surface area contributed by atoms with Crippen molar-refractivity contribution in [2.75, 3.05) is 19.4 Å². The Morgan fingerprint density at radius 2 is 1.88 bits per heavy atom. The average Bonchev–Trinajstić information content (AvgIpc) is 3.52. The van der Waals surface area contributed by atoms with Crippen molar-refractivity contribution >= 4 is 17.7 Å². The summed E-state index contributed by atoms with van der Waals surface area (Å²) in [5, 5.41) is 13.9. The van der Waals surface area contributed by atoms with Gasteiger partial charge in [-0.25, -0.2) is 13.8 Å². The van der Waals surface area contributed by atoms with Gasteiger partial charge < -0.3 is 26.6 Å². The van der Waals surface area contributed by atoms with Gasteiger partial charge in [-0.2, -0.15) is 0 Å². The second-order valence-electron chi connectivity index (χ2n) is 12.0. The molecule has 1 saturated carbocycles. The molecule has 3 aromatic rings. The lowest BCUT2D eigenvalue weighted by molar-refractivity contribution is 0.0742. The Labute approximate surface area is 239 Å². The van der Waals surface area contributed by atoms with Crippen LogP contribution in [0.15, 0.2) is 48.2 Å². The number of benzene rings is 2. The van der Waals surface area contributed by atoms with E-state index in [0.29, 0.717) is 39.5 Å². The van der Waals surface area contributed by atoms with Crippen molar-refractivity contribution in [3.63, 3.8) is 0 Å². The number of aliphatic hydroxyl groups is 1. The van der Waals surface area contributed by atoms with E-state index < -0.39 is 17.2 Å². The van der Waals surface area contributed by atoms with E-state index >= 15 is 4.39 Å². The van der Waals surface area contributed by atoms with Gasteiger partial charge in [0.1, 0.15) is 17.3 Å². The molecule has 4 rings (SSSR count). The summed E-state index contributed by atoms with van der Waals surface area (Å²) < 4.78 is 34.7. The molecule has 1 amide bonds. The fourth-order valence-electron chi connectivity index (χ4n) is 5.25. The first-order chi connectivity index (χ1) is 19.1. The van der Waals surface area contributed by atoms with E-state index in [9.17, 15) is 14.3 Å². The Kier molecular flexibility index (Phi) is 8.14. The summed E-state index contributed by atoms with van der Waals surface area (Å²) >= 11 is 0. The third-order valence-corrected chi connectivity index (χ3v) is 7.73. The molecule has 9 heteroatoms. The number of hydrogen-bond acceptors (Lipinski definition) is 6. The van der Waals surface area contributed by atoms with Gasteiger partial charge >= 0.3 is 0 Å². The quantitative estimate of drug-likeness (QED) is 0.246. The van der Waals surface area contributed by atoms with Gasteiger partial charge in [-0.15, -0.1) is 0 Å². The molecule has 41 heavy (non-hydrogen) atoms. The van der Waals surface area contributed by atoms with Crippen molar-refractivity contribution in [2.45, 2.75) is 52.6 Å². The molecule has 1 heterocycles. The van der Waals surface area contributed by atoms with Crippen LogP contribution in [0.3, 0.4) is 0 Å². The summed E-state index contributed by atoms with van der Waals surface area (Å²) in [7, 11) is 1.47. The van der Waals surface area contributed by atoms with E-state index in [2.05, 4.69) is 19.2 Å². The maximum Gasteiger partial charge on any atom is 0.251 e. The highest BCUT2D eigenvalue weighted by Crippen LogP contribution is 2.58. The number of amides is 1. The zero-order chi connectivity index (χ0) is 30.3. The number of anilines is 1. The minimum Gasteiger partial charge on any atom is -0.495 e. The molecule has 2 aromatic carbocycles. The number of nitrogens with one attached hydrogen (secondary N) is 1. The Morgan fingerprint density at radius 1 is 1.24 bits per heavy atom. The van der Waals surface area contributed by atoms with Crippen LogP contribution >= 0.6 is 0 Å². The van der Waals surface area contributed by atoms with Crippen LogP contribution < -0.4 is 21.5 Å². The Morgan fingerprint density at radius 3 is 2.41 bits per heavy atom. The number of nitrogen functional groups attached to an aromatic ring is 1. The smallest absolute Gasteiger partial charge is 0.251 e. The number of methoxy groups -OCH3 is 1. The molecule has 1 aliphatic carbocycles. The van der Waals surface area contributed by atoms with Crippen LogP contribution in [0.1, 0.15) is 74.1 Å². The highest BCUT2D eigenvalue weighted by Gasteiger charge is 2.51. The second kappa shape index (κ2) is 11.1. The van der Waals surface area contributed by atoms with Gasteiger partial charge in [0.25, 0.3) is 5.91 Å². The van der Waals surface area contributed by atoms with Gasteiger partial charge in [0.15, 0.2) is 5.82 Å². The Hall–Kier alpha value is -3.98. The maximum atomic E-state index is 15.7. The molecule has 1 fully saturated rings. The molecule has 0 aliphatic heterocycles. The number of hydrogen-bond donors (Lipinski definition) is 4. The monoisotopic (exact) mass is 564 g/mol. The summed E-state index contributed by atoms with van der Waals surface area (Å²) in [6, 6.07) is 10.2. The van der Waals surface area contributed by atoms with E-state index in [0.717, 1.165) is 6.42 Å². The van der Waals surface area contributed by atoms with Crippen molar-refractivity contribution < 1.29 is 23.4 Å². The van der Waals surface area contributed by atoms with E-state index in [1.54, 1.807) is 31.2 Å². The molecule has 0 bridgehead atoms. The number of rotatable bonds is 9.